The molecule has 7 heteroatoms. The minimum atomic E-state index is -0.238. The molecule has 0 aliphatic carbocycles. The zero-order valence-corrected chi connectivity index (χ0v) is 12.9. The molecule has 2 aromatic heterocycles. The van der Waals surface area contributed by atoms with Crippen LogP contribution in [0.25, 0.3) is 0 Å². The second kappa shape index (κ2) is 6.50. The molecule has 0 amide bonds. The van der Waals surface area contributed by atoms with Crippen LogP contribution in [0.2, 0.25) is 0 Å². The third kappa shape index (κ3) is 3.48. The number of piperazine rings is 1. The highest BCUT2D eigenvalue weighted by molar-refractivity contribution is 5.12. The van der Waals surface area contributed by atoms with Crippen molar-refractivity contribution < 1.29 is 8.81 Å². The molecule has 1 fully saturated rings. The molecule has 0 aromatic carbocycles. The summed E-state index contributed by atoms with van der Waals surface area (Å²) in [6.07, 6.45) is 2.91. The zero-order valence-electron chi connectivity index (χ0n) is 12.9. The molecule has 0 bridgehead atoms. The van der Waals surface area contributed by atoms with Crippen LogP contribution in [0, 0.1) is 12.7 Å². The summed E-state index contributed by atoms with van der Waals surface area (Å²) >= 11 is 0. The second-order valence-corrected chi connectivity index (χ2v) is 5.74. The summed E-state index contributed by atoms with van der Waals surface area (Å²) in [5, 5.41) is 7.89. The lowest BCUT2D eigenvalue weighted by Crippen LogP contribution is -2.51. The van der Waals surface area contributed by atoms with Crippen molar-refractivity contribution in [3.05, 3.63) is 41.6 Å². The number of rotatable bonds is 4. The molecule has 0 saturated carbocycles. The standard InChI is InChI=1S/C15H20FN5O/c1-11-8-20(10-15-19-18-12(2)22-15)5-6-21(11)9-13-3-4-17-7-14(13)16/h3-4,7,11H,5-6,8-10H2,1-2H3. The van der Waals surface area contributed by atoms with E-state index in [1.54, 1.807) is 19.2 Å². The van der Waals surface area contributed by atoms with E-state index in [0.717, 1.165) is 19.6 Å². The van der Waals surface area contributed by atoms with Crippen molar-refractivity contribution in [2.45, 2.75) is 33.0 Å². The van der Waals surface area contributed by atoms with E-state index in [1.807, 2.05) is 0 Å². The number of hydrogen-bond donors (Lipinski definition) is 0. The first-order valence-corrected chi connectivity index (χ1v) is 7.45. The molecule has 1 atom stereocenters. The average molecular weight is 305 g/mol. The van der Waals surface area contributed by atoms with Gasteiger partial charge in [-0.25, -0.2) is 4.39 Å². The van der Waals surface area contributed by atoms with Crippen LogP contribution >= 0.6 is 0 Å². The lowest BCUT2D eigenvalue weighted by Gasteiger charge is -2.39. The maximum atomic E-state index is 13.7. The van der Waals surface area contributed by atoms with Crippen LogP contribution in [-0.2, 0) is 13.1 Å². The van der Waals surface area contributed by atoms with Crippen LogP contribution in [0.4, 0.5) is 4.39 Å². The van der Waals surface area contributed by atoms with Crippen LogP contribution < -0.4 is 0 Å². The average Bonchev–Trinajstić information content (AvgIpc) is 2.89. The molecule has 3 rings (SSSR count). The molecular formula is C15H20FN5O. The Bertz CT molecular complexity index is 632. The molecule has 118 valence electrons. The summed E-state index contributed by atoms with van der Waals surface area (Å²) in [7, 11) is 0. The summed E-state index contributed by atoms with van der Waals surface area (Å²) in [6, 6.07) is 2.08. The minimum absolute atomic E-state index is 0.238. The molecule has 2 aromatic rings. The van der Waals surface area contributed by atoms with Crippen molar-refractivity contribution >= 4 is 0 Å². The molecule has 0 radical (unpaired) electrons. The van der Waals surface area contributed by atoms with Crippen LogP contribution in [0.1, 0.15) is 24.3 Å². The fraction of sp³-hybridized carbons (Fsp3) is 0.533. The first-order valence-electron chi connectivity index (χ1n) is 7.45. The van der Waals surface area contributed by atoms with Gasteiger partial charge in [0.15, 0.2) is 0 Å². The van der Waals surface area contributed by atoms with E-state index in [0.29, 0.717) is 36.5 Å². The Morgan fingerprint density at radius 2 is 2.18 bits per heavy atom. The smallest absolute Gasteiger partial charge is 0.230 e. The fourth-order valence-corrected chi connectivity index (χ4v) is 2.79. The highest BCUT2D eigenvalue weighted by Crippen LogP contribution is 2.16. The molecule has 22 heavy (non-hydrogen) atoms. The molecular weight excluding hydrogens is 285 g/mol. The van der Waals surface area contributed by atoms with E-state index in [9.17, 15) is 4.39 Å². The van der Waals surface area contributed by atoms with E-state index in [1.165, 1.54) is 6.20 Å². The quantitative estimate of drug-likeness (QED) is 0.855. The van der Waals surface area contributed by atoms with E-state index in [4.69, 9.17) is 4.42 Å². The van der Waals surface area contributed by atoms with E-state index in [2.05, 4.69) is 31.9 Å². The van der Waals surface area contributed by atoms with E-state index < -0.39 is 0 Å². The summed E-state index contributed by atoms with van der Waals surface area (Å²) in [5.41, 5.74) is 0.697. The van der Waals surface area contributed by atoms with Gasteiger partial charge >= 0.3 is 0 Å². The lowest BCUT2D eigenvalue weighted by atomic mass is 10.1. The first-order chi connectivity index (χ1) is 10.6. The molecule has 0 spiro atoms. The summed E-state index contributed by atoms with van der Waals surface area (Å²) in [4.78, 5) is 8.37. The Hall–Kier alpha value is -1.86. The summed E-state index contributed by atoms with van der Waals surface area (Å²) in [5.74, 6) is 1.01. The number of pyridine rings is 1. The SMILES string of the molecule is Cc1nnc(CN2CCN(Cc3ccncc3F)C(C)C2)o1. The van der Waals surface area contributed by atoms with Crippen LogP contribution in [0.3, 0.4) is 0 Å². The van der Waals surface area contributed by atoms with Gasteiger partial charge in [0.25, 0.3) is 0 Å². The Balaban J connectivity index is 1.57. The van der Waals surface area contributed by atoms with Gasteiger partial charge in [-0.05, 0) is 13.0 Å². The van der Waals surface area contributed by atoms with Gasteiger partial charge < -0.3 is 4.42 Å². The van der Waals surface area contributed by atoms with Crippen molar-refractivity contribution in [2.75, 3.05) is 19.6 Å². The Kier molecular flexibility index (Phi) is 4.44. The van der Waals surface area contributed by atoms with Gasteiger partial charge in [-0.3, -0.25) is 14.8 Å². The van der Waals surface area contributed by atoms with Gasteiger partial charge in [-0.2, -0.15) is 0 Å². The van der Waals surface area contributed by atoms with Gasteiger partial charge in [-0.1, -0.05) is 0 Å². The maximum Gasteiger partial charge on any atom is 0.230 e. The topological polar surface area (TPSA) is 58.3 Å². The molecule has 1 unspecified atom stereocenters. The van der Waals surface area contributed by atoms with Crippen molar-refractivity contribution in [3.63, 3.8) is 0 Å². The predicted octanol–water partition coefficient (Wildman–Crippen LogP) is 1.62. The highest BCUT2D eigenvalue weighted by atomic mass is 19.1. The Morgan fingerprint density at radius 3 is 2.86 bits per heavy atom. The number of nitrogens with zero attached hydrogens (tertiary/aromatic N) is 5. The molecule has 1 aliphatic heterocycles. The van der Waals surface area contributed by atoms with E-state index >= 15 is 0 Å². The van der Waals surface area contributed by atoms with Crippen molar-refractivity contribution in [2.24, 2.45) is 0 Å². The van der Waals surface area contributed by atoms with Crippen LogP contribution in [0.15, 0.2) is 22.9 Å². The Labute approximate surface area is 129 Å². The van der Waals surface area contributed by atoms with Crippen molar-refractivity contribution in [1.82, 2.24) is 25.0 Å². The molecule has 6 nitrogen and oxygen atoms in total. The maximum absolute atomic E-state index is 13.7. The van der Waals surface area contributed by atoms with Crippen LogP contribution in [-0.4, -0.2) is 50.7 Å². The zero-order chi connectivity index (χ0) is 15.5. The van der Waals surface area contributed by atoms with Crippen molar-refractivity contribution in [1.29, 1.82) is 0 Å². The van der Waals surface area contributed by atoms with E-state index in [-0.39, 0.29) is 5.82 Å². The lowest BCUT2D eigenvalue weighted by molar-refractivity contribution is 0.0672. The first kappa shape index (κ1) is 15.1. The van der Waals surface area contributed by atoms with Gasteiger partial charge in [0, 0.05) is 50.9 Å². The monoisotopic (exact) mass is 305 g/mol. The normalized spacial score (nSPS) is 20.4. The van der Waals surface area contributed by atoms with Gasteiger partial charge in [0.2, 0.25) is 11.8 Å². The molecule has 1 aliphatic rings. The summed E-state index contributed by atoms with van der Waals surface area (Å²) < 4.78 is 19.1. The number of halogens is 1. The number of aryl methyl sites for hydroxylation is 1. The van der Waals surface area contributed by atoms with Gasteiger partial charge in [0.05, 0.1) is 12.7 Å². The Morgan fingerprint density at radius 1 is 1.32 bits per heavy atom. The molecule has 1 saturated heterocycles. The third-order valence-electron chi connectivity index (χ3n) is 4.01. The largest absolute Gasteiger partial charge is 0.424 e. The number of hydrogen-bond acceptors (Lipinski definition) is 6. The minimum Gasteiger partial charge on any atom is -0.424 e. The molecule has 0 N–H and O–H groups in total. The predicted molar refractivity (Wildman–Crippen MR) is 78.4 cm³/mol. The van der Waals surface area contributed by atoms with Gasteiger partial charge in [0.1, 0.15) is 5.82 Å². The number of aromatic nitrogens is 3. The fourth-order valence-electron chi connectivity index (χ4n) is 2.79. The molecule has 3 heterocycles. The van der Waals surface area contributed by atoms with Crippen LogP contribution in [0.5, 0.6) is 0 Å². The van der Waals surface area contributed by atoms with Gasteiger partial charge in [-0.15, -0.1) is 10.2 Å². The highest BCUT2D eigenvalue weighted by Gasteiger charge is 2.25. The summed E-state index contributed by atoms with van der Waals surface area (Å²) in [6.45, 7) is 7.92. The van der Waals surface area contributed by atoms with Crippen molar-refractivity contribution in [3.8, 4) is 0 Å². The third-order valence-corrected chi connectivity index (χ3v) is 4.01. The second-order valence-electron chi connectivity index (χ2n) is 5.74.